The minimum atomic E-state index is -0.570. The zero-order chi connectivity index (χ0) is 13.3. The fourth-order valence-electron chi connectivity index (χ4n) is 1.38. The smallest absolute Gasteiger partial charge is 0.215 e. The zero-order valence-corrected chi connectivity index (χ0v) is 13.5. The van der Waals surface area contributed by atoms with Crippen LogP contribution in [0, 0.1) is 5.82 Å². The van der Waals surface area contributed by atoms with E-state index < -0.39 is 11.6 Å². The van der Waals surface area contributed by atoms with Gasteiger partial charge in [-0.1, -0.05) is 15.9 Å². The van der Waals surface area contributed by atoms with Crippen molar-refractivity contribution in [2.45, 2.75) is 0 Å². The fraction of sp³-hybridized carbons (Fsp3) is 0. The first-order valence-electron chi connectivity index (χ1n) is 4.80. The number of hydrogen-bond donors (Lipinski definition) is 0. The van der Waals surface area contributed by atoms with Crippen LogP contribution in [0.1, 0.15) is 16.1 Å². The monoisotopic (exact) mass is 435 g/mol. The summed E-state index contributed by atoms with van der Waals surface area (Å²) >= 11 is 9.69. The van der Waals surface area contributed by atoms with Gasteiger partial charge in [0.2, 0.25) is 5.78 Å². The van der Waals surface area contributed by atoms with Crippen LogP contribution in [0.15, 0.2) is 43.9 Å². The van der Waals surface area contributed by atoms with Gasteiger partial charge in [0, 0.05) is 19.6 Å². The Morgan fingerprint density at radius 3 is 2.50 bits per heavy atom. The predicted molar refractivity (Wildman–Crippen MR) is 77.2 cm³/mol. The summed E-state index contributed by atoms with van der Waals surface area (Å²) < 4.78 is 15.5. The Morgan fingerprint density at radius 2 is 1.83 bits per heavy atom. The van der Waals surface area contributed by atoms with Gasteiger partial charge in [0.15, 0.2) is 0 Å². The maximum absolute atomic E-state index is 13.6. The molecule has 0 aliphatic rings. The summed E-state index contributed by atoms with van der Waals surface area (Å²) in [6, 6.07) is 5.91. The maximum Gasteiger partial charge on any atom is 0.215 e. The molecule has 0 saturated heterocycles. The third-order valence-electron chi connectivity index (χ3n) is 2.20. The van der Waals surface area contributed by atoms with Gasteiger partial charge in [-0.25, -0.2) is 4.39 Å². The van der Waals surface area contributed by atoms with Gasteiger partial charge in [-0.15, -0.1) is 0 Å². The molecular formula is C12H5Br3FNO. The SMILES string of the molecule is O=C(c1cc(Br)ccc1F)c1ncc(Br)cc1Br. The second kappa shape index (κ2) is 5.59. The van der Waals surface area contributed by atoms with E-state index in [2.05, 4.69) is 52.8 Å². The number of hydrogen-bond acceptors (Lipinski definition) is 2. The molecule has 0 unspecified atom stereocenters. The van der Waals surface area contributed by atoms with Gasteiger partial charge in [-0.05, 0) is 56.1 Å². The molecule has 0 amide bonds. The summed E-state index contributed by atoms with van der Waals surface area (Å²) in [6.45, 7) is 0. The number of pyridine rings is 1. The van der Waals surface area contributed by atoms with E-state index in [1.54, 1.807) is 6.07 Å². The van der Waals surface area contributed by atoms with Gasteiger partial charge in [0.1, 0.15) is 11.5 Å². The molecule has 0 fully saturated rings. The van der Waals surface area contributed by atoms with Gasteiger partial charge in [0.25, 0.3) is 0 Å². The highest BCUT2D eigenvalue weighted by Crippen LogP contribution is 2.24. The van der Waals surface area contributed by atoms with Crippen molar-refractivity contribution in [1.29, 1.82) is 0 Å². The lowest BCUT2D eigenvalue weighted by Crippen LogP contribution is -2.07. The second-order valence-corrected chi connectivity index (χ2v) is 6.12. The number of rotatable bonds is 2. The highest BCUT2D eigenvalue weighted by molar-refractivity contribution is 9.11. The van der Waals surface area contributed by atoms with Crippen LogP contribution < -0.4 is 0 Å². The fourth-order valence-corrected chi connectivity index (χ4v) is 2.91. The van der Waals surface area contributed by atoms with Crippen LogP contribution in [-0.2, 0) is 0 Å². The molecule has 1 aromatic carbocycles. The molecule has 0 aliphatic heterocycles. The van der Waals surface area contributed by atoms with Crippen molar-refractivity contribution in [3.05, 3.63) is 61.0 Å². The zero-order valence-electron chi connectivity index (χ0n) is 8.75. The number of benzene rings is 1. The van der Waals surface area contributed by atoms with E-state index in [9.17, 15) is 9.18 Å². The largest absolute Gasteiger partial charge is 0.287 e. The molecule has 0 radical (unpaired) electrons. The molecule has 0 saturated carbocycles. The Labute approximate surface area is 128 Å². The van der Waals surface area contributed by atoms with E-state index in [0.717, 1.165) is 4.47 Å². The molecule has 2 nitrogen and oxygen atoms in total. The lowest BCUT2D eigenvalue weighted by Gasteiger charge is -2.05. The lowest BCUT2D eigenvalue weighted by atomic mass is 10.1. The molecule has 2 aromatic rings. The van der Waals surface area contributed by atoms with Crippen LogP contribution in [0.5, 0.6) is 0 Å². The number of aromatic nitrogens is 1. The quantitative estimate of drug-likeness (QED) is 0.635. The van der Waals surface area contributed by atoms with Crippen molar-refractivity contribution < 1.29 is 9.18 Å². The molecule has 0 bridgehead atoms. The summed E-state index contributed by atoms with van der Waals surface area (Å²) in [7, 11) is 0. The third kappa shape index (κ3) is 2.87. The Morgan fingerprint density at radius 1 is 1.11 bits per heavy atom. The molecule has 1 heterocycles. The number of halogens is 4. The van der Waals surface area contributed by atoms with Crippen LogP contribution >= 0.6 is 47.8 Å². The number of nitrogens with zero attached hydrogens (tertiary/aromatic N) is 1. The van der Waals surface area contributed by atoms with E-state index in [-0.39, 0.29) is 11.3 Å². The van der Waals surface area contributed by atoms with Crippen molar-refractivity contribution >= 4 is 53.6 Å². The third-order valence-corrected chi connectivity index (χ3v) is 3.73. The topological polar surface area (TPSA) is 30.0 Å². The van der Waals surface area contributed by atoms with Gasteiger partial charge >= 0.3 is 0 Å². The standard InChI is InChI=1S/C12H5Br3FNO/c13-6-1-2-10(16)8(3-6)12(18)11-9(15)4-7(14)5-17-11/h1-5H. The minimum Gasteiger partial charge on any atom is -0.287 e. The van der Waals surface area contributed by atoms with Crippen molar-refractivity contribution in [3.63, 3.8) is 0 Å². The average molecular weight is 438 g/mol. The minimum absolute atomic E-state index is 0.0140. The molecule has 18 heavy (non-hydrogen) atoms. The molecule has 2 rings (SSSR count). The molecule has 0 aliphatic carbocycles. The lowest BCUT2D eigenvalue weighted by molar-refractivity contribution is 0.103. The summed E-state index contributed by atoms with van der Waals surface area (Å²) in [5.41, 5.74) is 0.162. The Balaban J connectivity index is 2.51. The highest BCUT2D eigenvalue weighted by Gasteiger charge is 2.18. The average Bonchev–Trinajstić information content (AvgIpc) is 2.31. The van der Waals surface area contributed by atoms with Crippen LogP contribution in [0.4, 0.5) is 4.39 Å². The van der Waals surface area contributed by atoms with Gasteiger partial charge in [-0.2, -0.15) is 0 Å². The predicted octanol–water partition coefficient (Wildman–Crippen LogP) is 4.74. The van der Waals surface area contributed by atoms with Crippen LogP contribution in [-0.4, -0.2) is 10.8 Å². The van der Waals surface area contributed by atoms with Crippen molar-refractivity contribution in [2.75, 3.05) is 0 Å². The summed E-state index contributed by atoms with van der Waals surface area (Å²) in [5, 5.41) is 0. The van der Waals surface area contributed by atoms with Gasteiger partial charge in [0.05, 0.1) is 5.56 Å². The first kappa shape index (κ1) is 13.8. The van der Waals surface area contributed by atoms with Crippen molar-refractivity contribution in [2.24, 2.45) is 0 Å². The van der Waals surface area contributed by atoms with E-state index in [1.165, 1.54) is 24.4 Å². The summed E-state index contributed by atoms with van der Waals surface area (Å²) in [6.07, 6.45) is 1.49. The maximum atomic E-state index is 13.6. The van der Waals surface area contributed by atoms with E-state index in [4.69, 9.17) is 0 Å². The summed E-state index contributed by atoms with van der Waals surface area (Å²) in [5.74, 6) is -1.03. The van der Waals surface area contributed by atoms with Crippen LogP contribution in [0.3, 0.4) is 0 Å². The molecule has 0 N–H and O–H groups in total. The van der Waals surface area contributed by atoms with Crippen LogP contribution in [0.2, 0.25) is 0 Å². The van der Waals surface area contributed by atoms with Gasteiger partial charge < -0.3 is 0 Å². The molecule has 1 aromatic heterocycles. The van der Waals surface area contributed by atoms with E-state index in [1.807, 2.05) is 0 Å². The second-order valence-electron chi connectivity index (χ2n) is 3.44. The molecule has 92 valence electrons. The van der Waals surface area contributed by atoms with E-state index >= 15 is 0 Å². The van der Waals surface area contributed by atoms with Crippen molar-refractivity contribution in [1.82, 2.24) is 4.98 Å². The van der Waals surface area contributed by atoms with Gasteiger partial charge in [-0.3, -0.25) is 9.78 Å². The number of carbonyl (C=O) groups is 1. The van der Waals surface area contributed by atoms with E-state index in [0.29, 0.717) is 8.95 Å². The normalized spacial score (nSPS) is 10.4. The molecule has 0 spiro atoms. The number of ketones is 1. The summed E-state index contributed by atoms with van der Waals surface area (Å²) in [4.78, 5) is 16.2. The first-order chi connectivity index (χ1) is 8.49. The molecular weight excluding hydrogens is 433 g/mol. The molecule has 6 heteroatoms. The Hall–Kier alpha value is -0.590. The first-order valence-corrected chi connectivity index (χ1v) is 7.17. The highest BCUT2D eigenvalue weighted by atomic mass is 79.9. The Kier molecular flexibility index (Phi) is 4.29. The van der Waals surface area contributed by atoms with Crippen molar-refractivity contribution in [3.8, 4) is 0 Å². The number of carbonyl (C=O) groups excluding carboxylic acids is 1. The molecule has 0 atom stereocenters. The van der Waals surface area contributed by atoms with Crippen LogP contribution in [0.25, 0.3) is 0 Å². The Bertz CT molecular complexity index is 631.